The van der Waals surface area contributed by atoms with Gasteiger partial charge in [-0.2, -0.15) is 4.31 Å². The fraction of sp³-hybridized carbons (Fsp3) is 0.538. The van der Waals surface area contributed by atoms with E-state index in [1.165, 1.54) is 17.4 Å². The van der Waals surface area contributed by atoms with Crippen molar-refractivity contribution in [1.29, 1.82) is 0 Å². The lowest BCUT2D eigenvalue weighted by Gasteiger charge is -2.26. The first kappa shape index (κ1) is 15.9. The van der Waals surface area contributed by atoms with E-state index in [1.54, 1.807) is 0 Å². The molecule has 0 aliphatic heterocycles. The van der Waals surface area contributed by atoms with Gasteiger partial charge in [-0.3, -0.25) is 0 Å². The van der Waals surface area contributed by atoms with E-state index in [2.05, 4.69) is 0 Å². The maximum Gasteiger partial charge on any atom is 0.245 e. The molecule has 0 saturated carbocycles. The minimum Gasteiger partial charge on any atom is -0.398 e. The molecular formula is C13H21FN2O2S. The monoisotopic (exact) mass is 288 g/mol. The predicted molar refractivity (Wildman–Crippen MR) is 74.7 cm³/mol. The summed E-state index contributed by atoms with van der Waals surface area (Å²) in [5.41, 5.74) is 5.53. The van der Waals surface area contributed by atoms with E-state index >= 15 is 0 Å². The van der Waals surface area contributed by atoms with Crippen LogP contribution in [0.15, 0.2) is 23.1 Å². The van der Waals surface area contributed by atoms with Crippen molar-refractivity contribution in [1.82, 2.24) is 4.31 Å². The van der Waals surface area contributed by atoms with Crippen molar-refractivity contribution < 1.29 is 12.8 Å². The minimum atomic E-state index is -3.69. The molecule has 0 amide bonds. The van der Waals surface area contributed by atoms with Gasteiger partial charge in [-0.05, 0) is 37.5 Å². The summed E-state index contributed by atoms with van der Waals surface area (Å²) in [6.07, 6.45) is 0.747. The molecule has 0 spiro atoms. The molecule has 0 bridgehead atoms. The topological polar surface area (TPSA) is 63.4 Å². The van der Waals surface area contributed by atoms with Gasteiger partial charge in [0.2, 0.25) is 10.0 Å². The van der Waals surface area contributed by atoms with Gasteiger partial charge in [-0.1, -0.05) is 13.8 Å². The Morgan fingerprint density at radius 3 is 2.37 bits per heavy atom. The Morgan fingerprint density at radius 2 is 1.89 bits per heavy atom. The molecule has 19 heavy (non-hydrogen) atoms. The van der Waals surface area contributed by atoms with Gasteiger partial charge >= 0.3 is 0 Å². The number of nitrogen functional groups attached to an aromatic ring is 1. The first-order valence-corrected chi connectivity index (χ1v) is 7.63. The van der Waals surface area contributed by atoms with Gasteiger partial charge in [0.05, 0.1) is 5.69 Å². The number of nitrogens with zero attached hydrogens (tertiary/aromatic N) is 1. The van der Waals surface area contributed by atoms with Crippen LogP contribution in [0.1, 0.15) is 27.2 Å². The van der Waals surface area contributed by atoms with Gasteiger partial charge in [0.25, 0.3) is 0 Å². The lowest BCUT2D eigenvalue weighted by atomic mass is 10.1. The van der Waals surface area contributed by atoms with Crippen molar-refractivity contribution in [3.63, 3.8) is 0 Å². The molecule has 4 nitrogen and oxygen atoms in total. The van der Waals surface area contributed by atoms with Crippen LogP contribution in [0.3, 0.4) is 0 Å². The molecule has 6 heteroatoms. The average molecular weight is 288 g/mol. The van der Waals surface area contributed by atoms with Crippen molar-refractivity contribution in [2.24, 2.45) is 5.92 Å². The van der Waals surface area contributed by atoms with E-state index in [9.17, 15) is 12.8 Å². The number of benzene rings is 1. The molecule has 1 rings (SSSR count). The van der Waals surface area contributed by atoms with E-state index in [0.29, 0.717) is 5.92 Å². The lowest BCUT2D eigenvalue weighted by Crippen LogP contribution is -2.36. The Balaban J connectivity index is 3.09. The van der Waals surface area contributed by atoms with Crippen molar-refractivity contribution in [2.45, 2.75) is 38.1 Å². The van der Waals surface area contributed by atoms with Gasteiger partial charge in [0.1, 0.15) is 10.7 Å². The van der Waals surface area contributed by atoms with Crippen LogP contribution in [0.4, 0.5) is 10.1 Å². The third-order valence-electron chi connectivity index (χ3n) is 3.06. The van der Waals surface area contributed by atoms with Crippen LogP contribution < -0.4 is 5.73 Å². The van der Waals surface area contributed by atoms with E-state index < -0.39 is 15.8 Å². The summed E-state index contributed by atoms with van der Waals surface area (Å²) in [5, 5.41) is 0. The molecule has 0 aromatic heterocycles. The molecule has 1 aromatic carbocycles. The smallest absolute Gasteiger partial charge is 0.245 e. The molecule has 1 atom stereocenters. The average Bonchev–Trinajstić information content (AvgIpc) is 2.26. The molecule has 0 fully saturated rings. The third kappa shape index (κ3) is 3.67. The van der Waals surface area contributed by atoms with Crippen LogP contribution in [0.2, 0.25) is 0 Å². The van der Waals surface area contributed by atoms with E-state index in [4.69, 9.17) is 5.73 Å². The summed E-state index contributed by atoms with van der Waals surface area (Å²) in [5.74, 6) is -0.160. The highest BCUT2D eigenvalue weighted by Crippen LogP contribution is 2.25. The zero-order valence-corrected chi connectivity index (χ0v) is 12.5. The summed E-state index contributed by atoms with van der Waals surface area (Å²) in [6, 6.07) is 3.19. The molecular weight excluding hydrogens is 267 g/mol. The van der Waals surface area contributed by atoms with Crippen LogP contribution in [0, 0.1) is 11.7 Å². The number of hydrogen-bond acceptors (Lipinski definition) is 3. The summed E-state index contributed by atoms with van der Waals surface area (Å²) >= 11 is 0. The second kappa shape index (κ2) is 5.88. The molecule has 108 valence electrons. The van der Waals surface area contributed by atoms with Crippen molar-refractivity contribution in [3.05, 3.63) is 24.0 Å². The number of nitrogens with two attached hydrogens (primary N) is 1. The summed E-state index contributed by atoms with van der Waals surface area (Å²) in [4.78, 5) is -0.0491. The zero-order chi connectivity index (χ0) is 14.8. The van der Waals surface area contributed by atoms with E-state index in [1.807, 2.05) is 20.8 Å². The molecule has 0 radical (unpaired) electrons. The maximum atomic E-state index is 13.0. The minimum absolute atomic E-state index is 0.0491. The van der Waals surface area contributed by atoms with Gasteiger partial charge in [0.15, 0.2) is 0 Å². The largest absolute Gasteiger partial charge is 0.398 e. The number of halogens is 1. The van der Waals surface area contributed by atoms with Gasteiger partial charge in [-0.25, -0.2) is 12.8 Å². The molecule has 0 aliphatic rings. The molecule has 0 aliphatic carbocycles. The van der Waals surface area contributed by atoms with E-state index in [0.717, 1.165) is 18.6 Å². The van der Waals surface area contributed by atoms with Crippen molar-refractivity contribution >= 4 is 15.7 Å². The van der Waals surface area contributed by atoms with Crippen LogP contribution in [0.5, 0.6) is 0 Å². The molecule has 0 saturated heterocycles. The highest BCUT2D eigenvalue weighted by atomic mass is 32.2. The maximum absolute atomic E-state index is 13.0. The molecule has 1 aromatic rings. The van der Waals surface area contributed by atoms with Crippen LogP contribution >= 0.6 is 0 Å². The number of rotatable bonds is 5. The Hall–Kier alpha value is -1.14. The standard InChI is InChI=1S/C13H21FN2O2S/c1-9(2)7-10(3)16(4)19(17,18)13-6-5-11(14)8-12(13)15/h5-6,8-10H,7,15H2,1-4H3. The first-order chi connectivity index (χ1) is 8.66. The zero-order valence-electron chi connectivity index (χ0n) is 11.7. The van der Waals surface area contributed by atoms with Crippen molar-refractivity contribution in [3.8, 4) is 0 Å². The summed E-state index contributed by atoms with van der Waals surface area (Å²) in [6.45, 7) is 5.91. The number of anilines is 1. The van der Waals surface area contributed by atoms with Crippen LogP contribution in [-0.2, 0) is 10.0 Å². The first-order valence-electron chi connectivity index (χ1n) is 6.19. The van der Waals surface area contributed by atoms with Crippen molar-refractivity contribution in [2.75, 3.05) is 12.8 Å². The molecule has 2 N–H and O–H groups in total. The van der Waals surface area contributed by atoms with Crippen LogP contribution in [0.25, 0.3) is 0 Å². The van der Waals surface area contributed by atoms with Gasteiger partial charge < -0.3 is 5.73 Å². The Labute approximate surface area is 114 Å². The highest BCUT2D eigenvalue weighted by molar-refractivity contribution is 7.89. The van der Waals surface area contributed by atoms with Crippen LogP contribution in [-0.4, -0.2) is 25.8 Å². The molecule has 0 heterocycles. The van der Waals surface area contributed by atoms with E-state index in [-0.39, 0.29) is 16.6 Å². The fourth-order valence-electron chi connectivity index (χ4n) is 1.98. The Bertz CT molecular complexity index is 544. The number of sulfonamides is 1. The summed E-state index contributed by atoms with van der Waals surface area (Å²) in [7, 11) is -2.17. The number of hydrogen-bond donors (Lipinski definition) is 1. The Kier molecular flexibility index (Phi) is 4.92. The molecule has 1 unspecified atom stereocenters. The quantitative estimate of drug-likeness (QED) is 0.847. The highest BCUT2D eigenvalue weighted by Gasteiger charge is 2.27. The normalized spacial score (nSPS) is 14.1. The SMILES string of the molecule is CC(C)CC(C)N(C)S(=O)(=O)c1ccc(F)cc1N. The van der Waals surface area contributed by atoms with Gasteiger partial charge in [0, 0.05) is 13.1 Å². The fourth-order valence-corrected chi connectivity index (χ4v) is 3.44. The third-order valence-corrected chi connectivity index (χ3v) is 5.11. The lowest BCUT2D eigenvalue weighted by molar-refractivity contribution is 0.338. The van der Waals surface area contributed by atoms with Gasteiger partial charge in [-0.15, -0.1) is 0 Å². The summed E-state index contributed by atoms with van der Waals surface area (Å²) < 4.78 is 39.1. The predicted octanol–water partition coefficient (Wildman–Crippen LogP) is 2.46. The second-order valence-corrected chi connectivity index (χ2v) is 7.15. The Morgan fingerprint density at radius 1 is 1.32 bits per heavy atom. The second-order valence-electron chi connectivity index (χ2n) is 5.18.